The van der Waals surface area contributed by atoms with E-state index in [1.807, 2.05) is 0 Å². The molecular formula is C15H18ClNO3. The number of benzene rings is 1. The third kappa shape index (κ3) is 2.80. The van der Waals surface area contributed by atoms with E-state index >= 15 is 0 Å². The van der Waals surface area contributed by atoms with Gasteiger partial charge >= 0.3 is 0 Å². The van der Waals surface area contributed by atoms with Crippen LogP contribution in [-0.2, 0) is 4.79 Å². The predicted molar refractivity (Wildman–Crippen MR) is 78.8 cm³/mol. The second kappa shape index (κ2) is 6.27. The zero-order valence-corrected chi connectivity index (χ0v) is 12.4. The Morgan fingerprint density at radius 1 is 1.30 bits per heavy atom. The van der Waals surface area contributed by atoms with Gasteiger partial charge in [-0.25, -0.2) is 0 Å². The first-order chi connectivity index (χ1) is 9.58. The molecule has 0 saturated heterocycles. The van der Waals surface area contributed by atoms with Crippen LogP contribution in [0.5, 0.6) is 5.75 Å². The van der Waals surface area contributed by atoms with E-state index in [0.29, 0.717) is 35.3 Å². The first-order valence-corrected chi connectivity index (χ1v) is 7.22. The number of halogens is 1. The molecule has 0 saturated carbocycles. The molecule has 0 bridgehead atoms. The van der Waals surface area contributed by atoms with Crippen molar-refractivity contribution in [2.75, 3.05) is 24.4 Å². The second-order valence-electron chi connectivity index (χ2n) is 5.04. The third-order valence-corrected chi connectivity index (χ3v) is 3.85. The summed E-state index contributed by atoms with van der Waals surface area (Å²) in [5, 5.41) is 0. The molecule has 1 aromatic carbocycles. The van der Waals surface area contributed by atoms with Crippen molar-refractivity contribution < 1.29 is 14.3 Å². The van der Waals surface area contributed by atoms with Gasteiger partial charge in [-0.05, 0) is 30.9 Å². The number of alkyl halides is 1. The number of ether oxygens (including phenoxy) is 1. The monoisotopic (exact) mass is 295 g/mol. The molecule has 5 heteroatoms. The van der Waals surface area contributed by atoms with E-state index in [9.17, 15) is 9.59 Å². The topological polar surface area (TPSA) is 46.6 Å². The minimum atomic E-state index is -0.452. The lowest BCUT2D eigenvalue weighted by molar-refractivity contribution is -0.114. The summed E-state index contributed by atoms with van der Waals surface area (Å²) in [5.74, 6) is 0.785. The quantitative estimate of drug-likeness (QED) is 0.599. The fourth-order valence-corrected chi connectivity index (χ4v) is 2.68. The van der Waals surface area contributed by atoms with Crippen LogP contribution in [0.15, 0.2) is 18.2 Å². The Kier molecular flexibility index (Phi) is 4.65. The van der Waals surface area contributed by atoms with Crippen LogP contribution in [0.25, 0.3) is 0 Å². The highest BCUT2D eigenvalue weighted by molar-refractivity contribution is 6.52. The Morgan fingerprint density at radius 3 is 2.70 bits per heavy atom. The van der Waals surface area contributed by atoms with Crippen molar-refractivity contribution in [2.24, 2.45) is 5.92 Å². The molecule has 0 fully saturated rings. The summed E-state index contributed by atoms with van der Waals surface area (Å²) >= 11 is 5.71. The highest BCUT2D eigenvalue weighted by Gasteiger charge is 2.35. The van der Waals surface area contributed by atoms with Gasteiger partial charge < -0.3 is 9.64 Å². The lowest BCUT2D eigenvalue weighted by atomic mass is 10.0. The lowest BCUT2D eigenvalue weighted by Gasteiger charge is -2.19. The van der Waals surface area contributed by atoms with E-state index in [4.69, 9.17) is 16.3 Å². The van der Waals surface area contributed by atoms with E-state index in [1.165, 1.54) is 0 Å². The Hall–Kier alpha value is -1.55. The van der Waals surface area contributed by atoms with Gasteiger partial charge in [-0.3, -0.25) is 9.59 Å². The number of methoxy groups -OCH3 is 1. The van der Waals surface area contributed by atoms with E-state index in [0.717, 1.165) is 12.8 Å². The van der Waals surface area contributed by atoms with Crippen LogP contribution in [0.3, 0.4) is 0 Å². The van der Waals surface area contributed by atoms with E-state index < -0.39 is 11.7 Å². The molecule has 1 atom stereocenters. The van der Waals surface area contributed by atoms with Gasteiger partial charge in [0.15, 0.2) is 0 Å². The fourth-order valence-electron chi connectivity index (χ4n) is 2.30. The van der Waals surface area contributed by atoms with Gasteiger partial charge in [0.2, 0.25) is 0 Å². The highest BCUT2D eigenvalue weighted by atomic mass is 35.5. The zero-order valence-electron chi connectivity index (χ0n) is 11.7. The largest absolute Gasteiger partial charge is 0.497 e. The maximum atomic E-state index is 12.0. The fraction of sp³-hybridized carbons (Fsp3) is 0.467. The van der Waals surface area contributed by atoms with Gasteiger partial charge in [-0.1, -0.05) is 6.92 Å². The number of nitrogens with zero attached hydrogens (tertiary/aromatic N) is 1. The number of carbonyl (C=O) groups is 2. The van der Waals surface area contributed by atoms with Crippen molar-refractivity contribution in [3.63, 3.8) is 0 Å². The average Bonchev–Trinajstić information content (AvgIpc) is 2.69. The molecule has 1 aliphatic heterocycles. The number of fused-ring (bicyclic) bond motifs is 1. The predicted octanol–water partition coefficient (Wildman–Crippen LogP) is 2.88. The number of Topliss-reactive ketones (excluding diaryl/α,β-unsaturated/α-hetero) is 1. The van der Waals surface area contributed by atoms with Crippen molar-refractivity contribution in [3.8, 4) is 5.75 Å². The maximum Gasteiger partial charge on any atom is 0.299 e. The van der Waals surface area contributed by atoms with Crippen molar-refractivity contribution in [2.45, 2.75) is 19.8 Å². The minimum absolute atomic E-state index is 0.421. The molecule has 0 spiro atoms. The number of anilines is 1. The Bertz CT molecular complexity index is 530. The van der Waals surface area contributed by atoms with Gasteiger partial charge in [-0.2, -0.15) is 0 Å². The molecule has 0 aliphatic carbocycles. The third-order valence-electron chi connectivity index (χ3n) is 3.63. The molecule has 0 N–H and O–H groups in total. The highest BCUT2D eigenvalue weighted by Crippen LogP contribution is 2.32. The summed E-state index contributed by atoms with van der Waals surface area (Å²) in [5.41, 5.74) is 1.11. The molecule has 2 rings (SSSR count). The molecular weight excluding hydrogens is 278 g/mol. The molecule has 4 nitrogen and oxygen atoms in total. The molecule has 20 heavy (non-hydrogen) atoms. The number of amides is 1. The maximum absolute atomic E-state index is 12.0. The van der Waals surface area contributed by atoms with Crippen molar-refractivity contribution >= 4 is 29.0 Å². The van der Waals surface area contributed by atoms with Crippen LogP contribution in [-0.4, -0.2) is 31.2 Å². The number of carbonyl (C=O) groups excluding carboxylic acids is 2. The zero-order chi connectivity index (χ0) is 14.7. The normalized spacial score (nSPS) is 15.4. The lowest BCUT2D eigenvalue weighted by Crippen LogP contribution is -2.31. The van der Waals surface area contributed by atoms with E-state index in [1.54, 1.807) is 30.2 Å². The minimum Gasteiger partial charge on any atom is -0.497 e. The SMILES string of the molecule is COc1ccc2c(c1)N(CCC(C)CCCl)C(=O)C2=O. The van der Waals surface area contributed by atoms with Gasteiger partial charge in [0.25, 0.3) is 11.7 Å². The molecule has 1 unspecified atom stereocenters. The summed E-state index contributed by atoms with van der Waals surface area (Å²) in [6.07, 6.45) is 1.73. The first kappa shape index (κ1) is 14.9. The molecule has 1 heterocycles. The van der Waals surface area contributed by atoms with Crippen LogP contribution in [0, 0.1) is 5.92 Å². The molecule has 0 radical (unpaired) electrons. The molecule has 0 aromatic heterocycles. The Balaban J connectivity index is 2.18. The molecule has 108 valence electrons. The van der Waals surface area contributed by atoms with E-state index in [-0.39, 0.29) is 0 Å². The van der Waals surface area contributed by atoms with Gasteiger partial charge in [0.1, 0.15) is 5.75 Å². The smallest absolute Gasteiger partial charge is 0.299 e. The van der Waals surface area contributed by atoms with Crippen LogP contribution in [0.2, 0.25) is 0 Å². The van der Waals surface area contributed by atoms with Crippen molar-refractivity contribution in [1.29, 1.82) is 0 Å². The number of hydrogen-bond donors (Lipinski definition) is 0. The second-order valence-corrected chi connectivity index (χ2v) is 5.42. The van der Waals surface area contributed by atoms with Crippen molar-refractivity contribution in [3.05, 3.63) is 23.8 Å². The molecule has 1 amide bonds. The molecule has 1 aromatic rings. The summed E-state index contributed by atoms with van der Waals surface area (Å²) < 4.78 is 5.16. The summed E-state index contributed by atoms with van der Waals surface area (Å²) in [7, 11) is 1.56. The number of rotatable bonds is 6. The van der Waals surface area contributed by atoms with Gasteiger partial charge in [0.05, 0.1) is 18.4 Å². The van der Waals surface area contributed by atoms with E-state index in [2.05, 4.69) is 6.92 Å². The van der Waals surface area contributed by atoms with Gasteiger partial charge in [-0.15, -0.1) is 11.6 Å². The van der Waals surface area contributed by atoms with Crippen molar-refractivity contribution in [1.82, 2.24) is 0 Å². The average molecular weight is 296 g/mol. The van der Waals surface area contributed by atoms with Crippen LogP contribution >= 0.6 is 11.6 Å². The summed E-state index contributed by atoms with van der Waals surface area (Å²) in [4.78, 5) is 25.5. The summed E-state index contributed by atoms with van der Waals surface area (Å²) in [6.45, 7) is 2.63. The van der Waals surface area contributed by atoms with Crippen LogP contribution < -0.4 is 9.64 Å². The number of hydrogen-bond acceptors (Lipinski definition) is 3. The van der Waals surface area contributed by atoms with Crippen LogP contribution in [0.1, 0.15) is 30.1 Å². The Morgan fingerprint density at radius 2 is 2.05 bits per heavy atom. The Labute approximate surface area is 123 Å². The number of ketones is 1. The first-order valence-electron chi connectivity index (χ1n) is 6.68. The summed E-state index contributed by atoms with van der Waals surface area (Å²) in [6, 6.07) is 5.09. The van der Waals surface area contributed by atoms with Gasteiger partial charge in [0, 0.05) is 18.5 Å². The molecule has 1 aliphatic rings. The standard InChI is InChI=1S/C15H18ClNO3/c1-10(5-7-16)6-8-17-13-9-11(20-2)3-4-12(13)14(18)15(17)19/h3-4,9-10H,5-8H2,1-2H3. The van der Waals surface area contributed by atoms with Crippen LogP contribution in [0.4, 0.5) is 5.69 Å².